The predicted molar refractivity (Wildman–Crippen MR) is 59.8 cm³/mol. The number of anilines is 1. The third kappa shape index (κ3) is 2.15. The molecule has 0 amide bonds. The van der Waals surface area contributed by atoms with Gasteiger partial charge in [0.25, 0.3) is 0 Å². The van der Waals surface area contributed by atoms with Gasteiger partial charge in [0.05, 0.1) is 18.9 Å². The molecule has 0 aliphatic carbocycles. The maximum absolute atomic E-state index is 8.50. The molecule has 0 atom stereocenters. The van der Waals surface area contributed by atoms with E-state index in [2.05, 4.69) is 15.4 Å². The number of rotatable bonds is 3. The Morgan fingerprint density at radius 3 is 3.00 bits per heavy atom. The first-order valence-electron chi connectivity index (χ1n) is 4.83. The SMILES string of the molecule is COc1ccc(-c2nnn(CC#N)n2)cc1N. The summed E-state index contributed by atoms with van der Waals surface area (Å²) in [5, 5.41) is 20.1. The van der Waals surface area contributed by atoms with E-state index in [0.29, 0.717) is 17.3 Å². The Labute approximate surface area is 97.4 Å². The summed E-state index contributed by atoms with van der Waals surface area (Å²) in [7, 11) is 1.55. The first kappa shape index (κ1) is 10.9. The molecule has 7 heteroatoms. The molecule has 1 aromatic heterocycles. The zero-order chi connectivity index (χ0) is 12.3. The van der Waals surface area contributed by atoms with Crippen LogP contribution in [0.1, 0.15) is 0 Å². The summed E-state index contributed by atoms with van der Waals surface area (Å²) in [6, 6.07) is 7.15. The van der Waals surface area contributed by atoms with Gasteiger partial charge in [-0.2, -0.15) is 5.26 Å². The molecule has 0 aliphatic heterocycles. The van der Waals surface area contributed by atoms with E-state index in [1.165, 1.54) is 4.80 Å². The second-order valence-electron chi connectivity index (χ2n) is 3.26. The lowest BCUT2D eigenvalue weighted by Gasteiger charge is -2.04. The van der Waals surface area contributed by atoms with E-state index in [-0.39, 0.29) is 6.54 Å². The largest absolute Gasteiger partial charge is 0.495 e. The van der Waals surface area contributed by atoms with Crippen molar-refractivity contribution in [1.82, 2.24) is 20.2 Å². The number of nitrogens with two attached hydrogens (primary N) is 1. The van der Waals surface area contributed by atoms with Crippen LogP contribution in [0.5, 0.6) is 5.75 Å². The minimum absolute atomic E-state index is 0.0681. The minimum Gasteiger partial charge on any atom is -0.495 e. The Morgan fingerprint density at radius 1 is 1.53 bits per heavy atom. The van der Waals surface area contributed by atoms with Gasteiger partial charge in [-0.25, -0.2) is 0 Å². The third-order valence-corrected chi connectivity index (χ3v) is 2.15. The molecule has 2 N–H and O–H groups in total. The second-order valence-corrected chi connectivity index (χ2v) is 3.26. The highest BCUT2D eigenvalue weighted by Crippen LogP contribution is 2.25. The van der Waals surface area contributed by atoms with Crippen LogP contribution in [0.2, 0.25) is 0 Å². The summed E-state index contributed by atoms with van der Waals surface area (Å²) >= 11 is 0. The zero-order valence-corrected chi connectivity index (χ0v) is 9.16. The number of methoxy groups -OCH3 is 1. The van der Waals surface area contributed by atoms with E-state index >= 15 is 0 Å². The van der Waals surface area contributed by atoms with Crippen LogP contribution >= 0.6 is 0 Å². The normalized spacial score (nSPS) is 9.88. The Morgan fingerprint density at radius 2 is 2.35 bits per heavy atom. The van der Waals surface area contributed by atoms with Crippen molar-refractivity contribution in [2.45, 2.75) is 6.54 Å². The molecule has 0 aliphatic rings. The summed E-state index contributed by atoms with van der Waals surface area (Å²) in [6.45, 7) is 0.0681. The monoisotopic (exact) mass is 230 g/mol. The summed E-state index contributed by atoms with van der Waals surface area (Å²) < 4.78 is 5.05. The van der Waals surface area contributed by atoms with Gasteiger partial charge < -0.3 is 10.5 Å². The van der Waals surface area contributed by atoms with Crippen molar-refractivity contribution in [3.63, 3.8) is 0 Å². The van der Waals surface area contributed by atoms with Gasteiger partial charge in [0.15, 0.2) is 0 Å². The van der Waals surface area contributed by atoms with Crippen molar-refractivity contribution in [1.29, 1.82) is 5.26 Å². The highest BCUT2D eigenvalue weighted by Gasteiger charge is 2.08. The molecule has 86 valence electrons. The van der Waals surface area contributed by atoms with E-state index in [1.54, 1.807) is 25.3 Å². The molecule has 2 rings (SSSR count). The van der Waals surface area contributed by atoms with Gasteiger partial charge in [-0.05, 0) is 23.4 Å². The summed E-state index contributed by atoms with van der Waals surface area (Å²) in [5.74, 6) is 1.02. The molecule has 0 radical (unpaired) electrons. The quantitative estimate of drug-likeness (QED) is 0.768. The van der Waals surface area contributed by atoms with Crippen LogP contribution in [-0.4, -0.2) is 27.3 Å². The van der Waals surface area contributed by atoms with Crippen molar-refractivity contribution in [2.75, 3.05) is 12.8 Å². The van der Waals surface area contributed by atoms with Gasteiger partial charge >= 0.3 is 0 Å². The second kappa shape index (κ2) is 4.49. The fourth-order valence-corrected chi connectivity index (χ4v) is 1.36. The summed E-state index contributed by atoms with van der Waals surface area (Å²) in [6.07, 6.45) is 0. The van der Waals surface area contributed by atoms with Gasteiger partial charge in [0.1, 0.15) is 12.3 Å². The van der Waals surface area contributed by atoms with Crippen LogP contribution in [-0.2, 0) is 6.54 Å². The van der Waals surface area contributed by atoms with Crippen molar-refractivity contribution < 1.29 is 4.74 Å². The van der Waals surface area contributed by atoms with Gasteiger partial charge in [-0.3, -0.25) is 0 Å². The van der Waals surface area contributed by atoms with Crippen LogP contribution in [0.4, 0.5) is 5.69 Å². The number of aromatic nitrogens is 4. The van der Waals surface area contributed by atoms with Crippen LogP contribution in [0, 0.1) is 11.3 Å². The molecule has 7 nitrogen and oxygen atoms in total. The van der Waals surface area contributed by atoms with Crippen molar-refractivity contribution in [2.24, 2.45) is 0 Å². The highest BCUT2D eigenvalue weighted by atomic mass is 16.5. The number of nitriles is 1. The molecule has 1 aromatic carbocycles. The molecule has 0 saturated heterocycles. The average Bonchev–Trinajstić information content (AvgIpc) is 2.78. The first-order valence-corrected chi connectivity index (χ1v) is 4.83. The van der Waals surface area contributed by atoms with Gasteiger partial charge in [-0.15, -0.1) is 15.0 Å². The molecule has 0 spiro atoms. The van der Waals surface area contributed by atoms with Crippen LogP contribution in [0.3, 0.4) is 0 Å². The van der Waals surface area contributed by atoms with Gasteiger partial charge in [0.2, 0.25) is 5.82 Å². The van der Waals surface area contributed by atoms with Crippen LogP contribution in [0.15, 0.2) is 18.2 Å². The standard InChI is InChI=1S/C10H10N6O/c1-17-9-3-2-7(6-8(9)12)10-13-15-16(14-10)5-4-11/h2-3,6H,5,12H2,1H3. The van der Waals surface area contributed by atoms with Crippen molar-refractivity contribution >= 4 is 5.69 Å². The number of benzene rings is 1. The molecular formula is C10H10N6O. The molecule has 2 aromatic rings. The molecule has 17 heavy (non-hydrogen) atoms. The number of tetrazole rings is 1. The Kier molecular flexibility index (Phi) is 2.87. The maximum Gasteiger partial charge on any atom is 0.205 e. The lowest BCUT2D eigenvalue weighted by atomic mass is 10.2. The lowest BCUT2D eigenvalue weighted by molar-refractivity contribution is 0.417. The van der Waals surface area contributed by atoms with E-state index in [4.69, 9.17) is 15.7 Å². The van der Waals surface area contributed by atoms with Crippen LogP contribution in [0.25, 0.3) is 11.4 Å². The molecule has 0 bridgehead atoms. The van der Waals surface area contributed by atoms with E-state index in [0.717, 1.165) is 5.56 Å². The molecule has 0 fully saturated rings. The van der Waals surface area contributed by atoms with Crippen molar-refractivity contribution in [3.8, 4) is 23.2 Å². The minimum atomic E-state index is 0.0681. The summed E-state index contributed by atoms with van der Waals surface area (Å²) in [4.78, 5) is 1.22. The van der Waals surface area contributed by atoms with Crippen LogP contribution < -0.4 is 10.5 Å². The molecular weight excluding hydrogens is 220 g/mol. The zero-order valence-electron chi connectivity index (χ0n) is 9.16. The Hall–Kier alpha value is -2.62. The van der Waals surface area contributed by atoms with E-state index < -0.39 is 0 Å². The van der Waals surface area contributed by atoms with E-state index in [1.807, 2.05) is 6.07 Å². The lowest BCUT2D eigenvalue weighted by Crippen LogP contribution is -2.00. The Balaban J connectivity index is 2.33. The van der Waals surface area contributed by atoms with Crippen molar-refractivity contribution in [3.05, 3.63) is 18.2 Å². The number of nitrogen functional groups attached to an aromatic ring is 1. The number of hydrogen-bond donors (Lipinski definition) is 1. The smallest absolute Gasteiger partial charge is 0.205 e. The highest BCUT2D eigenvalue weighted by molar-refractivity contribution is 5.65. The Bertz CT molecular complexity index is 570. The maximum atomic E-state index is 8.50. The number of nitrogens with zero attached hydrogens (tertiary/aromatic N) is 5. The fourth-order valence-electron chi connectivity index (χ4n) is 1.36. The summed E-state index contributed by atoms with van der Waals surface area (Å²) in [5.41, 5.74) is 7.01. The molecule has 0 unspecified atom stereocenters. The molecule has 0 saturated carbocycles. The van der Waals surface area contributed by atoms with E-state index in [9.17, 15) is 0 Å². The average molecular weight is 230 g/mol. The van der Waals surface area contributed by atoms with Gasteiger partial charge in [0, 0.05) is 5.56 Å². The topological polar surface area (TPSA) is 103 Å². The number of ether oxygens (including phenoxy) is 1. The third-order valence-electron chi connectivity index (χ3n) is 2.15. The van der Waals surface area contributed by atoms with Gasteiger partial charge in [-0.1, -0.05) is 0 Å². The number of hydrogen-bond acceptors (Lipinski definition) is 6. The first-order chi connectivity index (χ1) is 8.24. The predicted octanol–water partition coefficient (Wildman–Crippen LogP) is 0.454. The molecule has 1 heterocycles. The fraction of sp³-hybridized carbons (Fsp3) is 0.200.